The molecule has 2 N–H and O–H groups in total. The zero-order valence-electron chi connectivity index (χ0n) is 11.9. The molecule has 0 bridgehead atoms. The molecule has 2 rings (SSSR count). The van der Waals surface area contributed by atoms with Crippen molar-refractivity contribution < 1.29 is 13.5 Å². The van der Waals surface area contributed by atoms with E-state index in [1.807, 2.05) is 6.92 Å². The summed E-state index contributed by atoms with van der Waals surface area (Å²) >= 11 is 0. The average molecular weight is 297 g/mol. The van der Waals surface area contributed by atoms with Crippen LogP contribution in [-0.4, -0.2) is 31.4 Å². The van der Waals surface area contributed by atoms with E-state index in [2.05, 4.69) is 5.32 Å². The van der Waals surface area contributed by atoms with Gasteiger partial charge < -0.3 is 10.4 Å². The van der Waals surface area contributed by atoms with Crippen molar-refractivity contribution >= 4 is 15.5 Å². The summed E-state index contributed by atoms with van der Waals surface area (Å²) in [4.78, 5) is 0.365. The zero-order valence-corrected chi connectivity index (χ0v) is 12.7. The molecule has 1 aromatic carbocycles. The second-order valence-electron chi connectivity index (χ2n) is 5.63. The van der Waals surface area contributed by atoms with Gasteiger partial charge in [0.05, 0.1) is 16.2 Å². The van der Waals surface area contributed by atoms with E-state index in [1.54, 1.807) is 24.3 Å². The van der Waals surface area contributed by atoms with Crippen LogP contribution < -0.4 is 5.32 Å². The molecule has 0 amide bonds. The maximum atomic E-state index is 11.9. The highest BCUT2D eigenvalue weighted by atomic mass is 32.2. The number of aliphatic hydroxyl groups is 1. The number of benzene rings is 1. The van der Waals surface area contributed by atoms with Crippen molar-refractivity contribution in [3.05, 3.63) is 24.3 Å². The Morgan fingerprint density at radius 2 is 1.80 bits per heavy atom. The molecule has 0 unspecified atom stereocenters. The van der Waals surface area contributed by atoms with Gasteiger partial charge in [-0.3, -0.25) is 0 Å². The molecule has 112 valence electrons. The Hall–Kier alpha value is -1.07. The van der Waals surface area contributed by atoms with Gasteiger partial charge >= 0.3 is 0 Å². The highest BCUT2D eigenvalue weighted by Gasteiger charge is 2.30. The van der Waals surface area contributed by atoms with Gasteiger partial charge in [-0.1, -0.05) is 19.8 Å². The summed E-state index contributed by atoms with van der Waals surface area (Å²) < 4.78 is 23.8. The third-order valence-corrected chi connectivity index (χ3v) is 5.78. The Bertz CT molecular complexity index is 531. The van der Waals surface area contributed by atoms with Gasteiger partial charge in [0.1, 0.15) is 0 Å². The van der Waals surface area contributed by atoms with Crippen molar-refractivity contribution in [3.63, 3.8) is 0 Å². The highest BCUT2D eigenvalue weighted by molar-refractivity contribution is 7.91. The lowest BCUT2D eigenvalue weighted by atomic mass is 10.0. The van der Waals surface area contributed by atoms with E-state index in [4.69, 9.17) is 0 Å². The molecule has 1 aliphatic carbocycles. The summed E-state index contributed by atoms with van der Waals surface area (Å²) in [6.07, 6.45) is 4.44. The summed E-state index contributed by atoms with van der Waals surface area (Å²) in [7, 11) is -3.15. The Morgan fingerprint density at radius 1 is 1.20 bits per heavy atom. The predicted molar refractivity (Wildman–Crippen MR) is 80.7 cm³/mol. The van der Waals surface area contributed by atoms with Crippen LogP contribution in [0, 0.1) is 0 Å². The smallest absolute Gasteiger partial charge is 0.178 e. The fraction of sp³-hybridized carbons (Fsp3) is 0.600. The number of nitrogens with one attached hydrogen (secondary N) is 1. The van der Waals surface area contributed by atoms with Gasteiger partial charge in [-0.25, -0.2) is 8.42 Å². The highest BCUT2D eigenvalue weighted by Crippen LogP contribution is 2.29. The largest absolute Gasteiger partial charge is 0.388 e. The lowest BCUT2D eigenvalue weighted by molar-refractivity contribution is 0.0615. The third-order valence-electron chi connectivity index (χ3n) is 3.84. The van der Waals surface area contributed by atoms with Crippen LogP contribution in [-0.2, 0) is 9.84 Å². The summed E-state index contributed by atoms with van der Waals surface area (Å²) in [5.41, 5.74) is 0.244. The van der Waals surface area contributed by atoms with Crippen LogP contribution in [0.2, 0.25) is 0 Å². The molecule has 0 radical (unpaired) electrons. The van der Waals surface area contributed by atoms with Crippen molar-refractivity contribution in [1.82, 2.24) is 0 Å². The maximum absolute atomic E-state index is 11.9. The van der Waals surface area contributed by atoms with Crippen molar-refractivity contribution in [2.45, 2.75) is 49.5 Å². The van der Waals surface area contributed by atoms with Gasteiger partial charge in [0.2, 0.25) is 0 Å². The van der Waals surface area contributed by atoms with E-state index in [9.17, 15) is 13.5 Å². The minimum atomic E-state index is -3.15. The van der Waals surface area contributed by atoms with Crippen molar-refractivity contribution in [1.29, 1.82) is 0 Å². The van der Waals surface area contributed by atoms with Crippen LogP contribution in [0.5, 0.6) is 0 Å². The molecular formula is C15H23NO3S. The summed E-state index contributed by atoms with van der Waals surface area (Å²) in [5.74, 6) is 0.180. The zero-order chi connectivity index (χ0) is 14.6. The van der Waals surface area contributed by atoms with E-state index in [-0.39, 0.29) is 5.75 Å². The summed E-state index contributed by atoms with van der Waals surface area (Å²) in [6, 6.07) is 6.79. The first-order valence-corrected chi connectivity index (χ1v) is 8.89. The van der Waals surface area contributed by atoms with Crippen LogP contribution in [0.1, 0.15) is 39.0 Å². The van der Waals surface area contributed by atoms with E-state index >= 15 is 0 Å². The van der Waals surface area contributed by atoms with Gasteiger partial charge in [0, 0.05) is 12.2 Å². The van der Waals surface area contributed by atoms with Gasteiger partial charge in [0.15, 0.2) is 9.84 Å². The van der Waals surface area contributed by atoms with Crippen LogP contribution in [0.15, 0.2) is 29.2 Å². The first-order valence-electron chi connectivity index (χ1n) is 7.24. The molecule has 0 aromatic heterocycles. The van der Waals surface area contributed by atoms with Crippen LogP contribution in [0.3, 0.4) is 0 Å². The molecule has 4 nitrogen and oxygen atoms in total. The molecule has 1 saturated carbocycles. The minimum absolute atomic E-state index is 0.180. The number of hydrogen-bond donors (Lipinski definition) is 2. The standard InChI is InChI=1S/C15H23NO3S/c1-2-11-20(18,19)14-7-5-13(6-8-14)16-12-15(17)9-3-4-10-15/h5-8,16-17H,2-4,9-12H2,1H3. The molecule has 20 heavy (non-hydrogen) atoms. The Balaban J connectivity index is 1.98. The Kier molecular flexibility index (Phi) is 4.70. The predicted octanol–water partition coefficient (Wildman–Crippen LogP) is 2.59. The molecule has 5 heteroatoms. The number of anilines is 1. The lowest BCUT2D eigenvalue weighted by Crippen LogP contribution is -2.33. The molecule has 0 saturated heterocycles. The molecule has 0 atom stereocenters. The molecule has 0 aliphatic heterocycles. The summed E-state index contributed by atoms with van der Waals surface area (Å²) in [5, 5.41) is 13.4. The first-order chi connectivity index (χ1) is 9.45. The lowest BCUT2D eigenvalue weighted by Gasteiger charge is -2.23. The molecule has 0 spiro atoms. The van der Waals surface area contributed by atoms with Gasteiger partial charge in [-0.2, -0.15) is 0 Å². The Morgan fingerprint density at radius 3 is 2.35 bits per heavy atom. The second-order valence-corrected chi connectivity index (χ2v) is 7.74. The van der Waals surface area contributed by atoms with Crippen molar-refractivity contribution in [3.8, 4) is 0 Å². The normalized spacial score (nSPS) is 18.1. The van der Waals surface area contributed by atoms with Crippen LogP contribution in [0.25, 0.3) is 0 Å². The Labute approximate surface area is 121 Å². The van der Waals surface area contributed by atoms with E-state index in [0.29, 0.717) is 17.9 Å². The quantitative estimate of drug-likeness (QED) is 0.847. The van der Waals surface area contributed by atoms with E-state index < -0.39 is 15.4 Å². The van der Waals surface area contributed by atoms with E-state index in [0.717, 1.165) is 31.4 Å². The number of hydrogen-bond acceptors (Lipinski definition) is 4. The van der Waals surface area contributed by atoms with Crippen LogP contribution in [0.4, 0.5) is 5.69 Å². The second kappa shape index (κ2) is 6.14. The van der Waals surface area contributed by atoms with Gasteiger partial charge in [-0.15, -0.1) is 0 Å². The van der Waals surface area contributed by atoms with Gasteiger partial charge in [-0.05, 0) is 43.5 Å². The first kappa shape index (κ1) is 15.3. The fourth-order valence-corrected chi connectivity index (χ4v) is 3.97. The molecule has 1 aromatic rings. The number of rotatable bonds is 6. The maximum Gasteiger partial charge on any atom is 0.178 e. The molecular weight excluding hydrogens is 274 g/mol. The fourth-order valence-electron chi connectivity index (χ4n) is 2.64. The molecule has 1 fully saturated rings. The third kappa shape index (κ3) is 3.73. The minimum Gasteiger partial charge on any atom is -0.388 e. The molecule has 1 aliphatic rings. The van der Waals surface area contributed by atoms with Crippen molar-refractivity contribution in [2.24, 2.45) is 0 Å². The van der Waals surface area contributed by atoms with Crippen molar-refractivity contribution in [2.75, 3.05) is 17.6 Å². The molecule has 0 heterocycles. The summed E-state index contributed by atoms with van der Waals surface area (Å²) in [6.45, 7) is 2.38. The average Bonchev–Trinajstić information content (AvgIpc) is 2.84. The van der Waals surface area contributed by atoms with Crippen LogP contribution >= 0.6 is 0 Å². The number of sulfone groups is 1. The van der Waals surface area contributed by atoms with E-state index in [1.165, 1.54) is 0 Å². The monoisotopic (exact) mass is 297 g/mol. The topological polar surface area (TPSA) is 66.4 Å². The SMILES string of the molecule is CCCS(=O)(=O)c1ccc(NCC2(O)CCCC2)cc1. The van der Waals surface area contributed by atoms with Gasteiger partial charge in [0.25, 0.3) is 0 Å².